The van der Waals surface area contributed by atoms with Crippen LogP contribution < -0.4 is 10.5 Å². The third-order valence-electron chi connectivity index (χ3n) is 5.02. The van der Waals surface area contributed by atoms with Gasteiger partial charge in [0.2, 0.25) is 0 Å². The summed E-state index contributed by atoms with van der Waals surface area (Å²) < 4.78 is 24.4. The van der Waals surface area contributed by atoms with E-state index in [9.17, 15) is 9.18 Å². The van der Waals surface area contributed by atoms with Gasteiger partial charge in [-0.25, -0.2) is 9.37 Å². The smallest absolute Gasteiger partial charge is 0.260 e. The summed E-state index contributed by atoms with van der Waals surface area (Å²) in [6.45, 7) is 3.05. The van der Waals surface area contributed by atoms with Crippen LogP contribution in [-0.2, 0) is 9.53 Å². The topological polar surface area (TPSA) is 90.6 Å². The van der Waals surface area contributed by atoms with E-state index in [1.165, 1.54) is 24.3 Å². The van der Waals surface area contributed by atoms with Crippen LogP contribution in [0.3, 0.4) is 0 Å². The zero-order valence-electron chi connectivity index (χ0n) is 17.1. The number of rotatable bonds is 5. The molecule has 0 saturated carbocycles. The molecule has 1 aliphatic heterocycles. The molecule has 0 spiro atoms. The van der Waals surface area contributed by atoms with Crippen LogP contribution in [0.1, 0.15) is 17.5 Å². The lowest BCUT2D eigenvalue weighted by Crippen LogP contribution is -2.44. The van der Waals surface area contributed by atoms with Crippen molar-refractivity contribution in [2.75, 3.05) is 32.0 Å². The zero-order chi connectivity index (χ0) is 21.8. The highest BCUT2D eigenvalue weighted by molar-refractivity contribution is 5.78. The maximum Gasteiger partial charge on any atom is 0.260 e. The van der Waals surface area contributed by atoms with Crippen LogP contribution in [-0.4, -0.2) is 47.1 Å². The molecule has 3 aromatic rings. The molecule has 1 atom stereocenters. The number of pyridine rings is 2. The van der Waals surface area contributed by atoms with Gasteiger partial charge in [-0.2, -0.15) is 0 Å². The Kier molecular flexibility index (Phi) is 6.08. The fraction of sp³-hybridized carbons (Fsp3) is 0.261. The summed E-state index contributed by atoms with van der Waals surface area (Å²) in [5.41, 5.74) is 9.17. The average Bonchev–Trinajstić information content (AvgIpc) is 2.78. The lowest BCUT2D eigenvalue weighted by atomic mass is 10.0. The molecule has 31 heavy (non-hydrogen) atoms. The Morgan fingerprint density at radius 3 is 2.77 bits per heavy atom. The maximum absolute atomic E-state index is 13.0. The van der Waals surface area contributed by atoms with Gasteiger partial charge in [0.25, 0.3) is 5.91 Å². The number of hydrogen-bond acceptors (Lipinski definition) is 6. The quantitative estimate of drug-likeness (QED) is 0.679. The van der Waals surface area contributed by atoms with E-state index < -0.39 is 0 Å². The van der Waals surface area contributed by atoms with Gasteiger partial charge in [-0.3, -0.25) is 9.78 Å². The number of morpholine rings is 1. The predicted octanol–water partition coefficient (Wildman–Crippen LogP) is 3.15. The van der Waals surface area contributed by atoms with E-state index in [4.69, 9.17) is 15.2 Å². The van der Waals surface area contributed by atoms with Crippen molar-refractivity contribution in [3.05, 3.63) is 71.9 Å². The molecular weight excluding hydrogens is 399 g/mol. The van der Waals surface area contributed by atoms with Crippen LogP contribution in [0, 0.1) is 12.7 Å². The molecule has 1 amide bonds. The molecule has 1 fully saturated rings. The minimum Gasteiger partial charge on any atom is -0.484 e. The van der Waals surface area contributed by atoms with Gasteiger partial charge in [0.05, 0.1) is 18.8 Å². The van der Waals surface area contributed by atoms with Crippen LogP contribution in [0.2, 0.25) is 0 Å². The number of aromatic nitrogens is 2. The highest BCUT2D eigenvalue weighted by Gasteiger charge is 2.27. The van der Waals surface area contributed by atoms with E-state index in [1.54, 1.807) is 17.2 Å². The van der Waals surface area contributed by atoms with Gasteiger partial charge >= 0.3 is 0 Å². The van der Waals surface area contributed by atoms with E-state index in [1.807, 2.05) is 25.1 Å². The van der Waals surface area contributed by atoms with E-state index in [0.29, 0.717) is 31.3 Å². The molecule has 2 N–H and O–H groups in total. The summed E-state index contributed by atoms with van der Waals surface area (Å²) in [6.07, 6.45) is 1.38. The van der Waals surface area contributed by atoms with Crippen molar-refractivity contribution in [3.63, 3.8) is 0 Å². The van der Waals surface area contributed by atoms with Crippen molar-refractivity contribution in [1.82, 2.24) is 14.9 Å². The van der Waals surface area contributed by atoms with Crippen molar-refractivity contribution in [1.29, 1.82) is 0 Å². The van der Waals surface area contributed by atoms with Gasteiger partial charge in [-0.1, -0.05) is 0 Å². The third-order valence-corrected chi connectivity index (χ3v) is 5.02. The number of nitrogen functional groups attached to an aromatic ring is 1. The molecule has 160 valence electrons. The first-order chi connectivity index (χ1) is 15.0. The fourth-order valence-corrected chi connectivity index (χ4v) is 3.42. The third kappa shape index (κ3) is 5.16. The van der Waals surface area contributed by atoms with Crippen LogP contribution in [0.15, 0.2) is 54.7 Å². The highest BCUT2D eigenvalue weighted by atomic mass is 19.1. The van der Waals surface area contributed by atoms with Gasteiger partial charge in [0.1, 0.15) is 23.5 Å². The largest absolute Gasteiger partial charge is 0.484 e. The Bertz CT molecular complexity index is 1060. The number of hydrogen-bond donors (Lipinski definition) is 1. The molecular formula is C23H23FN4O3. The van der Waals surface area contributed by atoms with Crippen molar-refractivity contribution in [2.45, 2.75) is 13.0 Å². The number of nitrogens with zero attached hydrogens (tertiary/aromatic N) is 3. The Hall–Kier alpha value is -3.52. The molecule has 1 saturated heterocycles. The molecule has 3 heterocycles. The molecule has 0 radical (unpaired) electrons. The van der Waals surface area contributed by atoms with Gasteiger partial charge in [-0.15, -0.1) is 0 Å². The standard InChI is InChI=1S/C23H23FN4O3/c1-15-10-17(16-2-7-22(25)26-12-16)11-20(27-15)21-13-28(8-9-30-21)23(29)14-31-19-5-3-18(24)4-6-19/h2-7,10-12,21H,8-9,13-14H2,1H3,(H2,25,26). The number of carbonyl (C=O) groups excluding carboxylic acids is 1. The zero-order valence-corrected chi connectivity index (χ0v) is 17.1. The SMILES string of the molecule is Cc1cc(-c2ccc(N)nc2)cc(C2CN(C(=O)COc3ccc(F)cc3)CCO2)n1. The number of aryl methyl sites for hydroxylation is 1. The van der Waals surface area contributed by atoms with Gasteiger partial charge in [-0.05, 0) is 61.0 Å². The van der Waals surface area contributed by atoms with Crippen molar-refractivity contribution >= 4 is 11.7 Å². The number of halogens is 1. The highest BCUT2D eigenvalue weighted by Crippen LogP contribution is 2.27. The second-order valence-electron chi connectivity index (χ2n) is 7.34. The van der Waals surface area contributed by atoms with Crippen LogP contribution >= 0.6 is 0 Å². The summed E-state index contributed by atoms with van der Waals surface area (Å²) in [5, 5.41) is 0. The molecule has 1 unspecified atom stereocenters. The lowest BCUT2D eigenvalue weighted by molar-refractivity contribution is -0.141. The predicted molar refractivity (Wildman–Crippen MR) is 114 cm³/mol. The number of ether oxygens (including phenoxy) is 2. The number of amides is 1. The number of carbonyl (C=O) groups is 1. The minimum absolute atomic E-state index is 0.123. The Morgan fingerprint density at radius 2 is 2.03 bits per heavy atom. The average molecular weight is 422 g/mol. The van der Waals surface area contributed by atoms with Crippen molar-refractivity contribution < 1.29 is 18.7 Å². The van der Waals surface area contributed by atoms with Crippen LogP contribution in [0.4, 0.5) is 10.2 Å². The van der Waals surface area contributed by atoms with E-state index in [-0.39, 0.29) is 24.4 Å². The van der Waals surface area contributed by atoms with Crippen molar-refractivity contribution in [3.8, 4) is 16.9 Å². The number of anilines is 1. The first-order valence-corrected chi connectivity index (χ1v) is 9.96. The monoisotopic (exact) mass is 422 g/mol. The number of nitrogens with two attached hydrogens (primary N) is 1. The minimum atomic E-state index is -0.352. The number of benzene rings is 1. The molecule has 0 bridgehead atoms. The summed E-state index contributed by atoms with van der Waals surface area (Å²) in [5.74, 6) is 0.395. The van der Waals surface area contributed by atoms with E-state index in [2.05, 4.69) is 9.97 Å². The molecule has 1 aromatic carbocycles. The summed E-state index contributed by atoms with van der Waals surface area (Å²) in [4.78, 5) is 23.1. The molecule has 4 rings (SSSR count). The Morgan fingerprint density at radius 1 is 1.23 bits per heavy atom. The second kappa shape index (κ2) is 9.09. The molecule has 7 nitrogen and oxygen atoms in total. The Balaban J connectivity index is 1.44. The van der Waals surface area contributed by atoms with Crippen LogP contribution in [0.5, 0.6) is 5.75 Å². The fourth-order valence-electron chi connectivity index (χ4n) is 3.42. The van der Waals surface area contributed by atoms with Gasteiger partial charge in [0.15, 0.2) is 6.61 Å². The summed E-state index contributed by atoms with van der Waals surface area (Å²) in [7, 11) is 0. The second-order valence-corrected chi connectivity index (χ2v) is 7.34. The Labute approximate surface area is 179 Å². The van der Waals surface area contributed by atoms with Gasteiger partial charge < -0.3 is 20.1 Å². The van der Waals surface area contributed by atoms with Gasteiger partial charge in [0, 0.05) is 24.0 Å². The van der Waals surface area contributed by atoms with E-state index in [0.717, 1.165) is 22.5 Å². The molecule has 1 aliphatic rings. The lowest BCUT2D eigenvalue weighted by Gasteiger charge is -2.33. The molecule has 2 aromatic heterocycles. The molecule has 0 aliphatic carbocycles. The summed E-state index contributed by atoms with van der Waals surface area (Å²) in [6, 6.07) is 13.2. The maximum atomic E-state index is 13.0. The first kappa shape index (κ1) is 20.7. The normalized spacial score (nSPS) is 16.2. The van der Waals surface area contributed by atoms with E-state index >= 15 is 0 Å². The molecule has 8 heteroatoms. The van der Waals surface area contributed by atoms with Crippen LogP contribution in [0.25, 0.3) is 11.1 Å². The summed E-state index contributed by atoms with van der Waals surface area (Å²) >= 11 is 0. The first-order valence-electron chi connectivity index (χ1n) is 9.96. The van der Waals surface area contributed by atoms with Crippen molar-refractivity contribution in [2.24, 2.45) is 0 Å².